The Labute approximate surface area is 90.4 Å². The van der Waals surface area contributed by atoms with Crippen molar-refractivity contribution < 1.29 is 8.42 Å². The lowest BCUT2D eigenvalue weighted by Gasteiger charge is -2.10. The maximum atomic E-state index is 11.2. The van der Waals surface area contributed by atoms with Crippen molar-refractivity contribution in [2.75, 3.05) is 11.5 Å². The van der Waals surface area contributed by atoms with E-state index >= 15 is 0 Å². The number of sulfone groups is 1. The topological polar surface area (TPSA) is 46.2 Å². The SMILES string of the molecule is O=S1(=O)CC[C@@H](NCc2ccccc2)C1. The molecule has 0 amide bonds. The van der Waals surface area contributed by atoms with Crippen molar-refractivity contribution >= 4 is 9.84 Å². The first-order valence-electron chi connectivity index (χ1n) is 5.13. The van der Waals surface area contributed by atoms with Crippen molar-refractivity contribution in [3.63, 3.8) is 0 Å². The highest BCUT2D eigenvalue weighted by Gasteiger charge is 2.26. The van der Waals surface area contributed by atoms with Crippen LogP contribution in [0.25, 0.3) is 0 Å². The van der Waals surface area contributed by atoms with Crippen LogP contribution in [0.15, 0.2) is 30.3 Å². The summed E-state index contributed by atoms with van der Waals surface area (Å²) in [7, 11) is -2.76. The summed E-state index contributed by atoms with van der Waals surface area (Å²) in [6.07, 6.45) is 0.745. The maximum Gasteiger partial charge on any atom is 0.151 e. The molecule has 1 N–H and O–H groups in total. The Morgan fingerprint density at radius 1 is 1.27 bits per heavy atom. The molecule has 1 aliphatic heterocycles. The van der Waals surface area contributed by atoms with Crippen LogP contribution in [0, 0.1) is 0 Å². The molecule has 3 nitrogen and oxygen atoms in total. The second-order valence-corrected chi connectivity index (χ2v) is 6.20. The fourth-order valence-electron chi connectivity index (χ4n) is 1.81. The second kappa shape index (κ2) is 4.33. The Morgan fingerprint density at radius 2 is 2.00 bits per heavy atom. The zero-order valence-corrected chi connectivity index (χ0v) is 9.33. The summed E-state index contributed by atoms with van der Waals surface area (Å²) in [4.78, 5) is 0. The molecule has 1 saturated heterocycles. The van der Waals surface area contributed by atoms with Crippen molar-refractivity contribution in [3.05, 3.63) is 35.9 Å². The second-order valence-electron chi connectivity index (χ2n) is 3.97. The molecule has 4 heteroatoms. The molecule has 0 bridgehead atoms. The molecule has 0 radical (unpaired) electrons. The van der Waals surface area contributed by atoms with E-state index < -0.39 is 9.84 Å². The molecule has 0 aliphatic carbocycles. The van der Waals surface area contributed by atoms with Gasteiger partial charge in [-0.3, -0.25) is 0 Å². The first-order valence-corrected chi connectivity index (χ1v) is 6.96. The van der Waals surface area contributed by atoms with E-state index in [4.69, 9.17) is 0 Å². The lowest BCUT2D eigenvalue weighted by Crippen LogP contribution is -2.29. The van der Waals surface area contributed by atoms with Crippen molar-refractivity contribution in [2.45, 2.75) is 19.0 Å². The van der Waals surface area contributed by atoms with Crippen LogP contribution in [0.4, 0.5) is 0 Å². The van der Waals surface area contributed by atoms with Gasteiger partial charge in [-0.15, -0.1) is 0 Å². The number of hydrogen-bond donors (Lipinski definition) is 1. The lowest BCUT2D eigenvalue weighted by molar-refractivity contribution is 0.554. The number of rotatable bonds is 3. The van der Waals surface area contributed by atoms with Crippen LogP contribution in [0.5, 0.6) is 0 Å². The smallest absolute Gasteiger partial charge is 0.151 e. The van der Waals surface area contributed by atoms with E-state index in [1.807, 2.05) is 30.3 Å². The van der Waals surface area contributed by atoms with E-state index in [0.717, 1.165) is 13.0 Å². The normalized spacial score (nSPS) is 24.1. The van der Waals surface area contributed by atoms with Gasteiger partial charge in [0.15, 0.2) is 9.84 Å². The Kier molecular flexibility index (Phi) is 3.07. The minimum Gasteiger partial charge on any atom is -0.309 e. The molecular formula is C11H15NO2S. The molecule has 1 aliphatic rings. The zero-order valence-electron chi connectivity index (χ0n) is 8.52. The molecule has 2 rings (SSSR count). The Bertz CT molecular complexity index is 413. The van der Waals surface area contributed by atoms with Crippen LogP contribution in [-0.2, 0) is 16.4 Å². The molecule has 15 heavy (non-hydrogen) atoms. The zero-order chi connectivity index (χ0) is 10.7. The molecule has 1 atom stereocenters. The van der Waals surface area contributed by atoms with Crippen molar-refractivity contribution in [1.82, 2.24) is 5.32 Å². The predicted molar refractivity (Wildman–Crippen MR) is 60.3 cm³/mol. The number of benzene rings is 1. The average molecular weight is 225 g/mol. The van der Waals surface area contributed by atoms with Gasteiger partial charge in [0, 0.05) is 12.6 Å². The molecule has 1 aromatic carbocycles. The van der Waals surface area contributed by atoms with Crippen LogP contribution >= 0.6 is 0 Å². The van der Waals surface area contributed by atoms with Gasteiger partial charge >= 0.3 is 0 Å². The lowest BCUT2D eigenvalue weighted by atomic mass is 10.2. The molecule has 1 heterocycles. The van der Waals surface area contributed by atoms with Gasteiger partial charge in [-0.2, -0.15) is 0 Å². The Hall–Kier alpha value is -0.870. The monoisotopic (exact) mass is 225 g/mol. The summed E-state index contributed by atoms with van der Waals surface area (Å²) < 4.78 is 22.4. The van der Waals surface area contributed by atoms with Gasteiger partial charge in [-0.05, 0) is 12.0 Å². The van der Waals surface area contributed by atoms with Gasteiger partial charge < -0.3 is 5.32 Å². The van der Waals surface area contributed by atoms with Crippen LogP contribution in [0.3, 0.4) is 0 Å². The van der Waals surface area contributed by atoms with Gasteiger partial charge in [0.05, 0.1) is 11.5 Å². The van der Waals surface area contributed by atoms with E-state index in [2.05, 4.69) is 5.32 Å². The fraction of sp³-hybridized carbons (Fsp3) is 0.455. The average Bonchev–Trinajstić information content (AvgIpc) is 2.57. The summed E-state index contributed by atoms with van der Waals surface area (Å²) in [5, 5.41) is 3.27. The third-order valence-electron chi connectivity index (χ3n) is 2.67. The van der Waals surface area contributed by atoms with E-state index in [0.29, 0.717) is 11.5 Å². The van der Waals surface area contributed by atoms with E-state index in [9.17, 15) is 8.42 Å². The van der Waals surface area contributed by atoms with Gasteiger partial charge in [0.2, 0.25) is 0 Å². The van der Waals surface area contributed by atoms with Crippen molar-refractivity contribution in [1.29, 1.82) is 0 Å². The maximum absolute atomic E-state index is 11.2. The predicted octanol–water partition coefficient (Wildman–Crippen LogP) is 0.963. The van der Waals surface area contributed by atoms with Gasteiger partial charge in [0.25, 0.3) is 0 Å². The van der Waals surface area contributed by atoms with Crippen LogP contribution < -0.4 is 5.32 Å². The molecule has 1 aromatic rings. The standard InChI is InChI=1S/C11H15NO2S/c13-15(14)7-6-11(9-15)12-8-10-4-2-1-3-5-10/h1-5,11-12H,6-9H2/t11-/m1/s1. The molecule has 0 spiro atoms. The van der Waals surface area contributed by atoms with Crippen LogP contribution in [0.2, 0.25) is 0 Å². The highest BCUT2D eigenvalue weighted by molar-refractivity contribution is 7.91. The largest absolute Gasteiger partial charge is 0.309 e. The minimum absolute atomic E-state index is 0.134. The van der Waals surface area contributed by atoms with Crippen LogP contribution in [0.1, 0.15) is 12.0 Å². The first-order chi connectivity index (χ1) is 7.16. The summed E-state index contributed by atoms with van der Waals surface area (Å²) >= 11 is 0. The molecule has 82 valence electrons. The summed E-state index contributed by atoms with van der Waals surface area (Å²) in [6, 6.07) is 10.2. The molecule has 0 saturated carbocycles. The third kappa shape index (κ3) is 3.04. The van der Waals surface area contributed by atoms with Gasteiger partial charge in [-0.1, -0.05) is 30.3 Å². The summed E-state index contributed by atoms with van der Waals surface area (Å²) in [5.74, 6) is 0.624. The number of nitrogens with one attached hydrogen (secondary N) is 1. The molecular weight excluding hydrogens is 210 g/mol. The van der Waals surface area contributed by atoms with Crippen molar-refractivity contribution in [2.24, 2.45) is 0 Å². The third-order valence-corrected chi connectivity index (χ3v) is 4.44. The van der Waals surface area contributed by atoms with E-state index in [1.165, 1.54) is 5.56 Å². The first kappa shape index (κ1) is 10.6. The highest BCUT2D eigenvalue weighted by Crippen LogP contribution is 2.11. The summed E-state index contributed by atoms with van der Waals surface area (Å²) in [6.45, 7) is 0.751. The molecule has 1 fully saturated rings. The quantitative estimate of drug-likeness (QED) is 0.833. The Balaban J connectivity index is 1.85. The number of hydrogen-bond acceptors (Lipinski definition) is 3. The van der Waals surface area contributed by atoms with Crippen LogP contribution in [-0.4, -0.2) is 26.0 Å². The van der Waals surface area contributed by atoms with Gasteiger partial charge in [0.1, 0.15) is 0 Å². The highest BCUT2D eigenvalue weighted by atomic mass is 32.2. The fourth-order valence-corrected chi connectivity index (χ4v) is 3.52. The molecule has 0 unspecified atom stereocenters. The summed E-state index contributed by atoms with van der Waals surface area (Å²) in [5.41, 5.74) is 1.20. The molecule has 0 aromatic heterocycles. The van der Waals surface area contributed by atoms with E-state index in [-0.39, 0.29) is 6.04 Å². The van der Waals surface area contributed by atoms with Crippen molar-refractivity contribution in [3.8, 4) is 0 Å². The van der Waals surface area contributed by atoms with E-state index in [1.54, 1.807) is 0 Å². The van der Waals surface area contributed by atoms with Gasteiger partial charge in [-0.25, -0.2) is 8.42 Å². The Morgan fingerprint density at radius 3 is 2.60 bits per heavy atom. The minimum atomic E-state index is -2.76.